The van der Waals surface area contributed by atoms with E-state index < -0.39 is 0 Å². The summed E-state index contributed by atoms with van der Waals surface area (Å²) in [5.41, 5.74) is 2.39. The van der Waals surface area contributed by atoms with Crippen LogP contribution in [0.15, 0.2) is 48.5 Å². The van der Waals surface area contributed by atoms with E-state index in [1.54, 1.807) is 17.4 Å². The summed E-state index contributed by atoms with van der Waals surface area (Å²) in [5.74, 6) is 0.691. The first-order valence-corrected chi connectivity index (χ1v) is 9.54. The number of benzene rings is 2. The molecule has 0 radical (unpaired) electrons. The van der Waals surface area contributed by atoms with E-state index in [-0.39, 0.29) is 5.82 Å². The number of nitrogens with zero attached hydrogens (tertiary/aromatic N) is 2. The summed E-state index contributed by atoms with van der Waals surface area (Å²) >= 11 is 1.64. The van der Waals surface area contributed by atoms with Crippen molar-refractivity contribution in [1.29, 1.82) is 0 Å². The van der Waals surface area contributed by atoms with Gasteiger partial charge in [0.05, 0.1) is 10.2 Å². The maximum atomic E-state index is 14.4. The van der Waals surface area contributed by atoms with Crippen molar-refractivity contribution in [3.05, 3.63) is 54.3 Å². The van der Waals surface area contributed by atoms with Crippen molar-refractivity contribution in [2.75, 3.05) is 5.32 Å². The third-order valence-corrected chi connectivity index (χ3v) is 6.00. The van der Waals surface area contributed by atoms with Crippen LogP contribution in [0.4, 0.5) is 10.2 Å². The van der Waals surface area contributed by atoms with Crippen LogP contribution in [0.25, 0.3) is 26.4 Å². The van der Waals surface area contributed by atoms with Gasteiger partial charge in [0.1, 0.15) is 17.3 Å². The van der Waals surface area contributed by atoms with E-state index in [4.69, 9.17) is 4.98 Å². The monoisotopic (exact) mass is 351 g/mol. The lowest BCUT2D eigenvalue weighted by molar-refractivity contribution is 0.631. The maximum absolute atomic E-state index is 14.4. The Bertz CT molecular complexity index is 1060. The molecule has 2 aromatic carbocycles. The number of aromatic nitrogens is 2. The molecule has 3 nitrogen and oxygen atoms in total. The molecule has 0 aliphatic heterocycles. The van der Waals surface area contributed by atoms with Crippen LogP contribution in [-0.4, -0.2) is 15.4 Å². The van der Waals surface area contributed by atoms with Gasteiger partial charge in [0.15, 0.2) is 4.96 Å². The van der Waals surface area contributed by atoms with E-state index in [1.165, 1.54) is 23.6 Å². The first-order chi connectivity index (χ1) is 12.3. The molecule has 25 heavy (non-hydrogen) atoms. The molecule has 0 spiro atoms. The van der Waals surface area contributed by atoms with Crippen LogP contribution in [0, 0.1) is 5.82 Å². The molecule has 1 saturated carbocycles. The predicted octanol–water partition coefficient (Wildman–Crippen LogP) is 5.71. The summed E-state index contributed by atoms with van der Waals surface area (Å²) in [6, 6.07) is 15.6. The lowest BCUT2D eigenvalue weighted by atomic mass is 10.1. The zero-order valence-corrected chi connectivity index (χ0v) is 14.5. The van der Waals surface area contributed by atoms with Gasteiger partial charge in [-0.2, -0.15) is 0 Å². The van der Waals surface area contributed by atoms with Crippen molar-refractivity contribution in [2.45, 2.75) is 31.7 Å². The minimum atomic E-state index is -0.230. The van der Waals surface area contributed by atoms with Gasteiger partial charge in [0, 0.05) is 11.6 Å². The third-order valence-electron chi connectivity index (χ3n) is 4.98. The van der Waals surface area contributed by atoms with Crippen molar-refractivity contribution < 1.29 is 4.39 Å². The number of thiazole rings is 1. The van der Waals surface area contributed by atoms with E-state index in [1.807, 2.05) is 24.3 Å². The van der Waals surface area contributed by atoms with Crippen LogP contribution >= 0.6 is 11.3 Å². The Kier molecular flexibility index (Phi) is 3.48. The first-order valence-electron chi connectivity index (χ1n) is 8.73. The third kappa shape index (κ3) is 2.42. The second kappa shape index (κ2) is 5.85. The van der Waals surface area contributed by atoms with Gasteiger partial charge in [-0.15, -0.1) is 0 Å². The summed E-state index contributed by atoms with van der Waals surface area (Å²) in [6.07, 6.45) is 4.82. The van der Waals surface area contributed by atoms with Crippen molar-refractivity contribution in [1.82, 2.24) is 9.38 Å². The van der Waals surface area contributed by atoms with Gasteiger partial charge < -0.3 is 5.32 Å². The Morgan fingerprint density at radius 2 is 1.80 bits per heavy atom. The highest BCUT2D eigenvalue weighted by molar-refractivity contribution is 7.23. The van der Waals surface area contributed by atoms with E-state index in [2.05, 4.69) is 21.9 Å². The van der Waals surface area contributed by atoms with E-state index >= 15 is 0 Å². The molecular weight excluding hydrogens is 333 g/mol. The molecular formula is C20H18FN3S. The quantitative estimate of drug-likeness (QED) is 0.512. The van der Waals surface area contributed by atoms with Crippen LogP contribution in [0.5, 0.6) is 0 Å². The van der Waals surface area contributed by atoms with Gasteiger partial charge in [-0.05, 0) is 37.1 Å². The molecule has 1 aliphatic rings. The predicted molar refractivity (Wildman–Crippen MR) is 102 cm³/mol. The second-order valence-electron chi connectivity index (χ2n) is 6.60. The Labute approximate surface area is 149 Å². The molecule has 0 saturated heterocycles. The van der Waals surface area contributed by atoms with Crippen molar-refractivity contribution in [2.24, 2.45) is 0 Å². The average Bonchev–Trinajstić information content (AvgIpc) is 3.32. The number of hydrogen-bond acceptors (Lipinski definition) is 3. The fraction of sp³-hybridized carbons (Fsp3) is 0.250. The number of fused-ring (bicyclic) bond motifs is 3. The van der Waals surface area contributed by atoms with Gasteiger partial charge in [-0.25, -0.2) is 9.37 Å². The fourth-order valence-corrected chi connectivity index (χ4v) is 4.78. The van der Waals surface area contributed by atoms with Crippen LogP contribution in [-0.2, 0) is 0 Å². The number of imidazole rings is 1. The summed E-state index contributed by atoms with van der Waals surface area (Å²) in [4.78, 5) is 5.70. The average molecular weight is 351 g/mol. The normalized spacial score (nSPS) is 15.4. The number of rotatable bonds is 3. The SMILES string of the molecule is Fc1ccccc1-c1nc2sc3ccccc3n2c1NC1CCCC1. The number of anilines is 1. The molecule has 4 aromatic rings. The zero-order valence-electron chi connectivity index (χ0n) is 13.7. The number of para-hydroxylation sites is 1. The highest BCUT2D eigenvalue weighted by Gasteiger charge is 2.23. The number of hydrogen-bond donors (Lipinski definition) is 1. The molecule has 0 atom stereocenters. The largest absolute Gasteiger partial charge is 0.367 e. The molecule has 126 valence electrons. The van der Waals surface area contributed by atoms with E-state index in [0.717, 1.165) is 29.1 Å². The number of nitrogens with one attached hydrogen (secondary N) is 1. The summed E-state index contributed by atoms with van der Waals surface area (Å²) < 4.78 is 17.8. The van der Waals surface area contributed by atoms with Gasteiger partial charge >= 0.3 is 0 Å². The minimum Gasteiger partial charge on any atom is -0.367 e. The number of halogens is 1. The molecule has 0 amide bonds. The van der Waals surface area contributed by atoms with Crippen LogP contribution in [0.1, 0.15) is 25.7 Å². The molecule has 2 heterocycles. The van der Waals surface area contributed by atoms with E-state index in [0.29, 0.717) is 17.3 Å². The standard InChI is InChI=1S/C20H18FN3S/c21-15-10-4-3-9-14(15)18-19(22-13-7-1-2-8-13)24-16-11-5-6-12-17(16)25-20(24)23-18/h3-6,9-13,22H,1-2,7-8H2. The van der Waals surface area contributed by atoms with E-state index in [9.17, 15) is 4.39 Å². The molecule has 1 N–H and O–H groups in total. The Morgan fingerprint density at radius 3 is 2.64 bits per heavy atom. The van der Waals surface area contributed by atoms with Crippen LogP contribution in [0.2, 0.25) is 0 Å². The van der Waals surface area contributed by atoms with Crippen LogP contribution in [0.3, 0.4) is 0 Å². The Balaban J connectivity index is 1.77. The van der Waals surface area contributed by atoms with Gasteiger partial charge in [0.25, 0.3) is 0 Å². The smallest absolute Gasteiger partial charge is 0.197 e. The zero-order chi connectivity index (χ0) is 16.8. The molecule has 0 bridgehead atoms. The van der Waals surface area contributed by atoms with Crippen LogP contribution < -0.4 is 5.32 Å². The summed E-state index contributed by atoms with van der Waals surface area (Å²) in [7, 11) is 0. The highest BCUT2D eigenvalue weighted by Crippen LogP contribution is 2.38. The van der Waals surface area contributed by atoms with Gasteiger partial charge in [-0.3, -0.25) is 4.40 Å². The lowest BCUT2D eigenvalue weighted by Gasteiger charge is -2.15. The lowest BCUT2D eigenvalue weighted by Crippen LogP contribution is -2.16. The summed E-state index contributed by atoms with van der Waals surface area (Å²) in [5, 5.41) is 3.68. The van der Waals surface area contributed by atoms with Crippen molar-refractivity contribution >= 4 is 32.3 Å². The van der Waals surface area contributed by atoms with Crippen molar-refractivity contribution in [3.63, 3.8) is 0 Å². The molecule has 0 unspecified atom stereocenters. The highest BCUT2D eigenvalue weighted by atomic mass is 32.1. The molecule has 5 heteroatoms. The summed E-state index contributed by atoms with van der Waals surface area (Å²) in [6.45, 7) is 0. The molecule has 1 aliphatic carbocycles. The topological polar surface area (TPSA) is 29.3 Å². The van der Waals surface area contributed by atoms with Crippen molar-refractivity contribution in [3.8, 4) is 11.3 Å². The minimum absolute atomic E-state index is 0.230. The molecule has 2 aromatic heterocycles. The fourth-order valence-electron chi connectivity index (χ4n) is 3.76. The Morgan fingerprint density at radius 1 is 1.04 bits per heavy atom. The van der Waals surface area contributed by atoms with Gasteiger partial charge in [0.2, 0.25) is 0 Å². The second-order valence-corrected chi connectivity index (χ2v) is 7.61. The molecule has 1 fully saturated rings. The van der Waals surface area contributed by atoms with Gasteiger partial charge in [-0.1, -0.05) is 48.4 Å². The Hall–Kier alpha value is -2.40. The molecule has 5 rings (SSSR count). The maximum Gasteiger partial charge on any atom is 0.197 e. The first kappa shape index (κ1) is 14.9.